The van der Waals surface area contributed by atoms with Gasteiger partial charge in [0.25, 0.3) is 5.22 Å². The third kappa shape index (κ3) is 6.16. The monoisotopic (exact) mass is 433 g/mol. The van der Waals surface area contributed by atoms with Crippen molar-refractivity contribution in [1.29, 1.82) is 0 Å². The van der Waals surface area contributed by atoms with Gasteiger partial charge in [-0.05, 0) is 42.6 Å². The zero-order valence-corrected chi connectivity index (χ0v) is 17.4. The Morgan fingerprint density at radius 3 is 2.76 bits per heavy atom. The summed E-state index contributed by atoms with van der Waals surface area (Å²) in [6.07, 6.45) is 1.54. The number of rotatable bonds is 9. The molecule has 6 nitrogen and oxygen atoms in total. The first-order valence-electron chi connectivity index (χ1n) is 8.96. The van der Waals surface area contributed by atoms with E-state index in [0.717, 1.165) is 16.6 Å². The summed E-state index contributed by atoms with van der Waals surface area (Å²) in [5.41, 5.74) is 0.703. The maximum absolute atomic E-state index is 13.0. The van der Waals surface area contributed by atoms with Gasteiger partial charge >= 0.3 is 0 Å². The first kappa shape index (κ1) is 21.1. The van der Waals surface area contributed by atoms with Crippen LogP contribution in [0.5, 0.6) is 0 Å². The van der Waals surface area contributed by atoms with E-state index in [0.29, 0.717) is 29.6 Å². The maximum Gasteiger partial charge on any atom is 0.256 e. The molecule has 2 aromatic heterocycles. The second-order valence-corrected chi connectivity index (χ2v) is 8.01. The number of carbonyl (C=O) groups excluding carboxylic acids is 2. The molecule has 29 heavy (non-hydrogen) atoms. The molecule has 1 N–H and O–H groups in total. The van der Waals surface area contributed by atoms with Crippen molar-refractivity contribution in [3.8, 4) is 11.3 Å². The fourth-order valence-electron chi connectivity index (χ4n) is 2.49. The number of benzene rings is 1. The lowest BCUT2D eigenvalue weighted by atomic mass is 10.2. The molecule has 0 aliphatic heterocycles. The molecule has 0 unspecified atom stereocenters. The maximum atomic E-state index is 13.0. The minimum absolute atomic E-state index is 0.00762. The molecule has 0 bridgehead atoms. The number of thiophene rings is 1. The molecule has 1 aromatic carbocycles. The third-order valence-corrected chi connectivity index (χ3v) is 5.74. The Hall–Kier alpha value is -2.65. The number of carbonyl (C=O) groups is 2. The third-order valence-electron chi connectivity index (χ3n) is 4.04. The van der Waals surface area contributed by atoms with Crippen LogP contribution in [0.4, 0.5) is 4.39 Å². The zero-order valence-electron chi connectivity index (χ0n) is 15.8. The van der Waals surface area contributed by atoms with Crippen LogP contribution in [0.3, 0.4) is 0 Å². The van der Waals surface area contributed by atoms with Crippen molar-refractivity contribution in [2.45, 2.75) is 18.7 Å². The predicted octanol–water partition coefficient (Wildman–Crippen LogP) is 3.80. The van der Waals surface area contributed by atoms with E-state index in [9.17, 15) is 14.0 Å². The number of aromatic nitrogens is 1. The Labute approximate surface area is 176 Å². The number of nitrogens with zero attached hydrogens (tertiary/aromatic N) is 2. The summed E-state index contributed by atoms with van der Waals surface area (Å²) >= 11 is 2.72. The van der Waals surface area contributed by atoms with Gasteiger partial charge < -0.3 is 14.6 Å². The van der Waals surface area contributed by atoms with Crippen LogP contribution >= 0.6 is 23.1 Å². The highest BCUT2D eigenvalue weighted by molar-refractivity contribution is 7.99. The van der Waals surface area contributed by atoms with Gasteiger partial charge in [0.15, 0.2) is 5.76 Å². The second kappa shape index (κ2) is 10.2. The van der Waals surface area contributed by atoms with Crippen molar-refractivity contribution in [3.05, 3.63) is 58.7 Å². The molecule has 9 heteroatoms. The summed E-state index contributed by atoms with van der Waals surface area (Å²) in [4.78, 5) is 31.2. The number of thioether (sulfide) groups is 1. The van der Waals surface area contributed by atoms with Gasteiger partial charge in [-0.25, -0.2) is 9.37 Å². The van der Waals surface area contributed by atoms with Crippen LogP contribution in [0.1, 0.15) is 11.8 Å². The molecule has 0 radical (unpaired) electrons. The molecule has 152 valence electrons. The minimum Gasteiger partial charge on any atom is -0.431 e. The lowest BCUT2D eigenvalue weighted by Gasteiger charge is -2.19. The quantitative estimate of drug-likeness (QED) is 0.520. The minimum atomic E-state index is -0.326. The molecular formula is C20H20FN3O3S2. The molecule has 0 fully saturated rings. The Morgan fingerprint density at radius 1 is 1.28 bits per heavy atom. The van der Waals surface area contributed by atoms with Crippen LogP contribution in [-0.4, -0.2) is 40.5 Å². The molecule has 0 saturated carbocycles. The topological polar surface area (TPSA) is 75.4 Å². The number of amides is 2. The summed E-state index contributed by atoms with van der Waals surface area (Å²) < 4.78 is 18.6. The Kier molecular flexibility index (Phi) is 7.42. The van der Waals surface area contributed by atoms with E-state index in [2.05, 4.69) is 10.3 Å². The van der Waals surface area contributed by atoms with Crippen LogP contribution in [0.15, 0.2) is 57.6 Å². The van der Waals surface area contributed by atoms with Gasteiger partial charge in [-0.15, -0.1) is 11.3 Å². The first-order chi connectivity index (χ1) is 14.0. The van der Waals surface area contributed by atoms with Crippen molar-refractivity contribution >= 4 is 34.9 Å². The SMILES string of the molecule is CCN(CC(=O)NCc1cccs1)C(=O)CSc1ncc(-c2ccc(F)cc2)o1. The summed E-state index contributed by atoms with van der Waals surface area (Å²) in [5, 5.41) is 5.11. The molecular weight excluding hydrogens is 413 g/mol. The van der Waals surface area contributed by atoms with Gasteiger partial charge in [-0.3, -0.25) is 9.59 Å². The number of hydrogen-bond donors (Lipinski definition) is 1. The lowest BCUT2D eigenvalue weighted by molar-refractivity contribution is -0.133. The number of halogens is 1. The van der Waals surface area contributed by atoms with Crippen molar-refractivity contribution < 1.29 is 18.4 Å². The highest BCUT2D eigenvalue weighted by Crippen LogP contribution is 2.25. The highest BCUT2D eigenvalue weighted by Gasteiger charge is 2.17. The van der Waals surface area contributed by atoms with Gasteiger partial charge in [0.2, 0.25) is 11.8 Å². The molecule has 0 aliphatic carbocycles. The molecule has 3 rings (SSSR count). The van der Waals surface area contributed by atoms with E-state index in [1.54, 1.807) is 23.5 Å². The van der Waals surface area contributed by atoms with Gasteiger partial charge in [0.1, 0.15) is 5.82 Å². The predicted molar refractivity (Wildman–Crippen MR) is 111 cm³/mol. The van der Waals surface area contributed by atoms with Crippen molar-refractivity contribution in [2.24, 2.45) is 0 Å². The summed E-state index contributed by atoms with van der Waals surface area (Å²) in [6, 6.07) is 9.76. The summed E-state index contributed by atoms with van der Waals surface area (Å²) in [5.74, 6) is -0.0958. The van der Waals surface area contributed by atoms with Gasteiger partial charge in [-0.2, -0.15) is 0 Å². The molecule has 0 aliphatic rings. The molecule has 0 atom stereocenters. The van der Waals surface area contributed by atoms with Crippen LogP contribution in [-0.2, 0) is 16.1 Å². The summed E-state index contributed by atoms with van der Waals surface area (Å²) in [7, 11) is 0. The van der Waals surface area contributed by atoms with E-state index in [4.69, 9.17) is 4.42 Å². The number of likely N-dealkylation sites (N-methyl/N-ethyl adjacent to an activating group) is 1. The fourth-order valence-corrected chi connectivity index (χ4v) is 3.84. The normalized spacial score (nSPS) is 10.7. The standard InChI is InChI=1S/C20H20FN3O3S2/c1-2-24(12-18(25)22-10-16-4-3-9-28-16)19(26)13-29-20-23-11-17(27-20)14-5-7-15(21)8-6-14/h3-9,11H,2,10,12-13H2,1H3,(H,22,25). The number of hydrogen-bond acceptors (Lipinski definition) is 6. The highest BCUT2D eigenvalue weighted by atomic mass is 32.2. The van der Waals surface area contributed by atoms with Crippen molar-refractivity contribution in [3.63, 3.8) is 0 Å². The zero-order chi connectivity index (χ0) is 20.6. The average Bonchev–Trinajstić information content (AvgIpc) is 3.41. The van der Waals surface area contributed by atoms with Crippen molar-refractivity contribution in [2.75, 3.05) is 18.8 Å². The largest absolute Gasteiger partial charge is 0.431 e. The molecule has 2 amide bonds. The van der Waals surface area contributed by atoms with E-state index in [1.807, 2.05) is 24.4 Å². The van der Waals surface area contributed by atoms with Crippen molar-refractivity contribution in [1.82, 2.24) is 15.2 Å². The number of oxazole rings is 1. The average molecular weight is 434 g/mol. The lowest BCUT2D eigenvalue weighted by Crippen LogP contribution is -2.41. The van der Waals surface area contributed by atoms with Crippen LogP contribution < -0.4 is 5.32 Å². The van der Waals surface area contributed by atoms with Crippen LogP contribution in [0, 0.1) is 5.82 Å². The van der Waals surface area contributed by atoms with Crippen LogP contribution in [0.2, 0.25) is 0 Å². The second-order valence-electron chi connectivity index (χ2n) is 6.05. The van der Waals surface area contributed by atoms with Gasteiger partial charge in [0, 0.05) is 17.0 Å². The smallest absolute Gasteiger partial charge is 0.256 e. The Bertz CT molecular complexity index is 942. The Morgan fingerprint density at radius 2 is 2.07 bits per heavy atom. The van der Waals surface area contributed by atoms with Crippen LogP contribution in [0.25, 0.3) is 11.3 Å². The molecule has 0 spiro atoms. The fraction of sp³-hybridized carbons (Fsp3) is 0.250. The van der Waals surface area contributed by atoms with Gasteiger partial charge in [-0.1, -0.05) is 17.8 Å². The molecule has 2 heterocycles. The number of nitrogens with one attached hydrogen (secondary N) is 1. The van der Waals surface area contributed by atoms with E-state index >= 15 is 0 Å². The Balaban J connectivity index is 1.48. The van der Waals surface area contributed by atoms with E-state index < -0.39 is 0 Å². The molecule has 3 aromatic rings. The van der Waals surface area contributed by atoms with E-state index in [-0.39, 0.29) is 29.9 Å². The van der Waals surface area contributed by atoms with Gasteiger partial charge in [0.05, 0.1) is 25.0 Å². The summed E-state index contributed by atoms with van der Waals surface area (Å²) in [6.45, 7) is 2.72. The molecule has 0 saturated heterocycles. The van der Waals surface area contributed by atoms with E-state index in [1.165, 1.54) is 23.2 Å². The first-order valence-corrected chi connectivity index (χ1v) is 10.8.